The summed E-state index contributed by atoms with van der Waals surface area (Å²) >= 11 is 0. The van der Waals surface area contributed by atoms with Crippen molar-refractivity contribution in [1.29, 1.82) is 0 Å². The van der Waals surface area contributed by atoms with Crippen LogP contribution >= 0.6 is 0 Å². The number of nitrogens with one attached hydrogen (secondary N) is 1. The highest BCUT2D eigenvalue weighted by Crippen LogP contribution is 2.60. The molecule has 2 fully saturated rings. The predicted octanol–water partition coefficient (Wildman–Crippen LogP) is 4.24. The fraction of sp³-hybridized carbons (Fsp3) is 0.531. The molecular weight excluding hydrogens is 518 g/mol. The fourth-order valence-corrected chi connectivity index (χ4v) is 6.84. The Labute approximate surface area is 240 Å². The average molecular weight is 558 g/mol. The molecule has 41 heavy (non-hydrogen) atoms. The van der Waals surface area contributed by atoms with Crippen LogP contribution in [-0.2, 0) is 27.4 Å². The molecule has 1 saturated carbocycles. The van der Waals surface area contributed by atoms with E-state index in [9.17, 15) is 14.4 Å². The number of Topliss-reactive ketones (excluding diaryl/α,β-unsaturated/α-hetero) is 2. The fourth-order valence-electron chi connectivity index (χ4n) is 6.84. The number of ether oxygens (including phenoxy) is 1. The Morgan fingerprint density at radius 3 is 2.68 bits per heavy atom. The van der Waals surface area contributed by atoms with Crippen molar-refractivity contribution in [2.45, 2.75) is 84.5 Å². The molecule has 3 atom stereocenters. The standard InChI is InChI=1S/C32H39N5O4/c1-4-28(39)27-12-32-13-29(32)37(27)30(40)18-36-17-26(20(2)38)25-11-22(24-15-34-21(3)35-16-24)10-23(31(25)36)14-33-8-6-5-7-9-41-19-32/h10-11,15-17,27,29,33H,4-9,12-14,18-19H2,1-3H3/t27-,29+,32-/m0/s1. The number of rotatable bonds is 4. The number of hydrogen-bond acceptors (Lipinski definition) is 7. The van der Waals surface area contributed by atoms with Gasteiger partial charge >= 0.3 is 0 Å². The molecule has 1 aromatic carbocycles. The third kappa shape index (κ3) is 5.21. The summed E-state index contributed by atoms with van der Waals surface area (Å²) in [5.41, 5.74) is 4.16. The van der Waals surface area contributed by atoms with E-state index in [0.717, 1.165) is 59.8 Å². The minimum Gasteiger partial charge on any atom is -0.381 e. The maximum Gasteiger partial charge on any atom is 0.243 e. The monoisotopic (exact) mass is 557 g/mol. The van der Waals surface area contributed by atoms with E-state index < -0.39 is 6.04 Å². The van der Waals surface area contributed by atoms with Crippen LogP contribution in [0.1, 0.15) is 74.1 Å². The number of hydrogen-bond donors (Lipinski definition) is 1. The van der Waals surface area contributed by atoms with Gasteiger partial charge in [0, 0.05) is 66.1 Å². The lowest BCUT2D eigenvalue weighted by molar-refractivity contribution is -0.139. The minimum absolute atomic E-state index is 0.0366. The SMILES string of the molecule is CCC(=O)[C@@H]1C[C@]23COCCCCCNCc4cc(-c5cnc(C)nc5)cc5c(C(C)=O)cn(c45)CC(=O)N1[C@@H]2C3. The molecule has 3 aromatic rings. The lowest BCUT2D eigenvalue weighted by atomic mass is 9.97. The van der Waals surface area contributed by atoms with Gasteiger partial charge in [0.25, 0.3) is 0 Å². The van der Waals surface area contributed by atoms with Crippen LogP contribution in [0.25, 0.3) is 22.0 Å². The maximum absolute atomic E-state index is 14.0. The van der Waals surface area contributed by atoms with E-state index in [4.69, 9.17) is 4.74 Å². The van der Waals surface area contributed by atoms with E-state index in [0.29, 0.717) is 44.0 Å². The van der Waals surface area contributed by atoms with Crippen LogP contribution in [0.4, 0.5) is 0 Å². The molecule has 216 valence electrons. The molecule has 2 bridgehead atoms. The van der Waals surface area contributed by atoms with Gasteiger partial charge in [-0.05, 0) is 75.8 Å². The molecule has 3 aliphatic rings. The normalized spacial score (nSPS) is 25.1. The van der Waals surface area contributed by atoms with Gasteiger partial charge in [0.2, 0.25) is 5.91 Å². The molecule has 2 aromatic heterocycles. The Kier molecular flexibility index (Phi) is 7.50. The summed E-state index contributed by atoms with van der Waals surface area (Å²) in [6.07, 6.45) is 10.5. The van der Waals surface area contributed by atoms with Gasteiger partial charge in [-0.15, -0.1) is 0 Å². The third-order valence-corrected chi connectivity index (χ3v) is 9.12. The van der Waals surface area contributed by atoms with Gasteiger partial charge in [-0.1, -0.05) is 6.92 Å². The number of carbonyl (C=O) groups is 3. The first kappa shape index (κ1) is 27.7. The highest BCUT2D eigenvalue weighted by molar-refractivity contribution is 6.09. The lowest BCUT2D eigenvalue weighted by Gasteiger charge is -2.27. The summed E-state index contributed by atoms with van der Waals surface area (Å²) in [6, 6.07) is 3.75. The number of ketones is 2. The average Bonchev–Trinajstić information content (AvgIpc) is 3.36. The number of amides is 1. The van der Waals surface area contributed by atoms with Crippen LogP contribution in [0.3, 0.4) is 0 Å². The maximum atomic E-state index is 14.0. The van der Waals surface area contributed by atoms with Crippen LogP contribution in [0, 0.1) is 12.3 Å². The third-order valence-electron chi connectivity index (χ3n) is 9.12. The second kappa shape index (κ2) is 11.1. The number of piperidine rings is 1. The van der Waals surface area contributed by atoms with Crippen LogP contribution in [0.5, 0.6) is 0 Å². The molecule has 4 heterocycles. The molecule has 1 saturated heterocycles. The molecule has 0 unspecified atom stereocenters. The van der Waals surface area contributed by atoms with E-state index in [1.807, 2.05) is 35.6 Å². The molecule has 0 spiro atoms. The first-order valence-electron chi connectivity index (χ1n) is 14.9. The minimum atomic E-state index is -0.405. The molecular formula is C32H39N5O4. The van der Waals surface area contributed by atoms with Crippen LogP contribution in [-0.4, -0.2) is 68.8 Å². The Balaban J connectivity index is 1.44. The van der Waals surface area contributed by atoms with Gasteiger partial charge < -0.3 is 19.5 Å². The van der Waals surface area contributed by atoms with Crippen molar-refractivity contribution >= 4 is 28.4 Å². The zero-order valence-corrected chi connectivity index (χ0v) is 24.2. The summed E-state index contributed by atoms with van der Waals surface area (Å²) in [6.45, 7) is 8.11. The van der Waals surface area contributed by atoms with Gasteiger partial charge in [-0.25, -0.2) is 9.97 Å². The van der Waals surface area contributed by atoms with Crippen molar-refractivity contribution in [3.63, 3.8) is 0 Å². The van der Waals surface area contributed by atoms with E-state index in [1.165, 1.54) is 0 Å². The molecule has 1 N–H and O–H groups in total. The lowest BCUT2D eigenvalue weighted by Crippen LogP contribution is -2.44. The highest BCUT2D eigenvalue weighted by atomic mass is 16.5. The quantitative estimate of drug-likeness (QED) is 0.479. The second-order valence-corrected chi connectivity index (χ2v) is 12.0. The van der Waals surface area contributed by atoms with Crippen LogP contribution in [0.2, 0.25) is 0 Å². The van der Waals surface area contributed by atoms with Crippen molar-refractivity contribution < 1.29 is 19.1 Å². The molecule has 2 aliphatic heterocycles. The zero-order chi connectivity index (χ0) is 28.7. The molecule has 9 heteroatoms. The molecule has 6 rings (SSSR count). The van der Waals surface area contributed by atoms with E-state index in [2.05, 4.69) is 21.4 Å². The van der Waals surface area contributed by atoms with Crippen molar-refractivity contribution in [2.24, 2.45) is 5.41 Å². The highest BCUT2D eigenvalue weighted by Gasteiger charge is 2.66. The Hall–Kier alpha value is -3.43. The summed E-state index contributed by atoms with van der Waals surface area (Å²) in [5.74, 6) is 0.670. The molecule has 1 aliphatic carbocycles. The number of aryl methyl sites for hydroxylation is 1. The Morgan fingerprint density at radius 1 is 1.12 bits per heavy atom. The largest absolute Gasteiger partial charge is 0.381 e. The van der Waals surface area contributed by atoms with Gasteiger partial charge in [-0.3, -0.25) is 14.4 Å². The van der Waals surface area contributed by atoms with Crippen molar-refractivity contribution in [2.75, 3.05) is 19.8 Å². The molecule has 9 nitrogen and oxygen atoms in total. The van der Waals surface area contributed by atoms with E-state index in [1.54, 1.807) is 19.3 Å². The van der Waals surface area contributed by atoms with Crippen LogP contribution < -0.4 is 5.32 Å². The van der Waals surface area contributed by atoms with Gasteiger partial charge in [0.05, 0.1) is 18.2 Å². The summed E-state index contributed by atoms with van der Waals surface area (Å²) < 4.78 is 8.02. The van der Waals surface area contributed by atoms with E-state index >= 15 is 0 Å². The van der Waals surface area contributed by atoms with Crippen molar-refractivity contribution in [3.8, 4) is 11.1 Å². The molecule has 0 radical (unpaired) electrons. The van der Waals surface area contributed by atoms with Gasteiger partial charge in [0.15, 0.2) is 11.6 Å². The first-order chi connectivity index (χ1) is 19.8. The van der Waals surface area contributed by atoms with Crippen molar-refractivity contribution in [1.82, 2.24) is 24.8 Å². The zero-order valence-electron chi connectivity index (χ0n) is 24.2. The Morgan fingerprint density at radius 2 is 1.93 bits per heavy atom. The van der Waals surface area contributed by atoms with Gasteiger partial charge in [0.1, 0.15) is 12.4 Å². The van der Waals surface area contributed by atoms with Crippen LogP contribution in [0.15, 0.2) is 30.7 Å². The number of carbonyl (C=O) groups excluding carboxylic acids is 3. The number of aromatic nitrogens is 3. The topological polar surface area (TPSA) is 106 Å². The summed E-state index contributed by atoms with van der Waals surface area (Å²) in [7, 11) is 0. The van der Waals surface area contributed by atoms with E-state index in [-0.39, 0.29) is 35.5 Å². The number of benzene rings is 1. The Bertz CT molecular complexity index is 1500. The first-order valence-corrected chi connectivity index (χ1v) is 14.9. The summed E-state index contributed by atoms with van der Waals surface area (Å²) in [4.78, 5) is 50.5. The van der Waals surface area contributed by atoms with Crippen molar-refractivity contribution in [3.05, 3.63) is 47.7 Å². The predicted molar refractivity (Wildman–Crippen MR) is 155 cm³/mol. The summed E-state index contributed by atoms with van der Waals surface area (Å²) in [5, 5.41) is 4.39. The second-order valence-electron chi connectivity index (χ2n) is 12.0. The number of nitrogens with zero attached hydrogens (tertiary/aromatic N) is 4. The van der Waals surface area contributed by atoms with Gasteiger partial charge in [-0.2, -0.15) is 0 Å². The smallest absolute Gasteiger partial charge is 0.243 e. The molecule has 1 amide bonds.